The molecule has 7 nitrogen and oxygen atoms in total. The summed E-state index contributed by atoms with van der Waals surface area (Å²) < 4.78 is 43.0. The molecule has 2 aromatic rings. The molecule has 2 heterocycles. The smallest absolute Gasteiger partial charge is 0.248 e. The van der Waals surface area contributed by atoms with Gasteiger partial charge in [0.2, 0.25) is 10.0 Å². The van der Waals surface area contributed by atoms with Crippen LogP contribution in [0, 0.1) is 6.92 Å². The van der Waals surface area contributed by atoms with Crippen LogP contribution in [0.1, 0.15) is 29.8 Å². The van der Waals surface area contributed by atoms with E-state index in [4.69, 9.17) is 14.0 Å². The van der Waals surface area contributed by atoms with E-state index < -0.39 is 10.0 Å². The molecule has 0 saturated heterocycles. The van der Waals surface area contributed by atoms with Gasteiger partial charge in [-0.05, 0) is 31.9 Å². The number of sulfonamides is 1. The third-order valence-corrected chi connectivity index (χ3v) is 6.46. The van der Waals surface area contributed by atoms with Crippen LogP contribution in [-0.2, 0) is 16.4 Å². The van der Waals surface area contributed by atoms with Gasteiger partial charge < -0.3 is 14.0 Å². The van der Waals surface area contributed by atoms with Gasteiger partial charge in [-0.1, -0.05) is 5.16 Å². The molecule has 130 valence electrons. The van der Waals surface area contributed by atoms with Crippen LogP contribution in [0.5, 0.6) is 11.5 Å². The second-order valence-electron chi connectivity index (χ2n) is 5.71. The zero-order valence-corrected chi connectivity index (χ0v) is 14.9. The van der Waals surface area contributed by atoms with Crippen LogP contribution < -0.4 is 9.47 Å². The van der Waals surface area contributed by atoms with Crippen LogP contribution in [0.4, 0.5) is 0 Å². The van der Waals surface area contributed by atoms with E-state index in [0.717, 1.165) is 11.1 Å². The zero-order valence-electron chi connectivity index (χ0n) is 14.1. The predicted molar refractivity (Wildman–Crippen MR) is 86.8 cm³/mol. The average Bonchev–Trinajstić information content (AvgIpc) is 3.00. The second-order valence-corrected chi connectivity index (χ2v) is 7.57. The Balaban J connectivity index is 2.07. The summed E-state index contributed by atoms with van der Waals surface area (Å²) in [5.41, 5.74) is 2.25. The minimum Gasteiger partial charge on any atom is -0.497 e. The molecule has 0 aliphatic carbocycles. The molecule has 0 amide bonds. The molecular formula is C16H20N2O5S. The van der Waals surface area contributed by atoms with Gasteiger partial charge in [-0.25, -0.2) is 8.42 Å². The van der Waals surface area contributed by atoms with Crippen molar-refractivity contribution < 1.29 is 22.4 Å². The van der Waals surface area contributed by atoms with Crippen LogP contribution in [0.3, 0.4) is 0 Å². The Labute approximate surface area is 141 Å². The maximum atomic E-state index is 13.0. The number of nitrogens with zero attached hydrogens (tertiary/aromatic N) is 2. The summed E-state index contributed by atoms with van der Waals surface area (Å²) in [5, 5.41) is 3.68. The summed E-state index contributed by atoms with van der Waals surface area (Å²) in [7, 11) is -0.527. The Kier molecular flexibility index (Phi) is 4.27. The molecular weight excluding hydrogens is 332 g/mol. The van der Waals surface area contributed by atoms with E-state index in [9.17, 15) is 8.42 Å². The van der Waals surface area contributed by atoms with E-state index in [-0.39, 0.29) is 10.9 Å². The van der Waals surface area contributed by atoms with Crippen molar-refractivity contribution in [1.29, 1.82) is 0 Å². The van der Waals surface area contributed by atoms with Gasteiger partial charge >= 0.3 is 0 Å². The predicted octanol–water partition coefficient (Wildman–Crippen LogP) is 2.31. The highest BCUT2D eigenvalue weighted by molar-refractivity contribution is 7.89. The highest BCUT2D eigenvalue weighted by atomic mass is 32.2. The number of benzene rings is 1. The van der Waals surface area contributed by atoms with E-state index >= 15 is 0 Å². The highest BCUT2D eigenvalue weighted by Gasteiger charge is 2.37. The largest absolute Gasteiger partial charge is 0.497 e. The fourth-order valence-corrected chi connectivity index (χ4v) is 4.86. The van der Waals surface area contributed by atoms with Crippen molar-refractivity contribution in [2.45, 2.75) is 31.2 Å². The molecule has 0 saturated carbocycles. The fraction of sp³-hybridized carbons (Fsp3) is 0.438. The standard InChI is InChI=1S/C16H20N2O5S/c1-10-15(9-23-17-10)24(19,20)18-6-5-12-7-13(21-3)8-14(22-4)16(12)11(18)2/h7-9,11H,5-6H2,1-4H3. The number of hydrogen-bond acceptors (Lipinski definition) is 6. The lowest BCUT2D eigenvalue weighted by atomic mass is 9.94. The minimum absolute atomic E-state index is 0.102. The van der Waals surface area contributed by atoms with Gasteiger partial charge in [-0.2, -0.15) is 4.31 Å². The molecule has 1 aliphatic heterocycles. The molecule has 0 bridgehead atoms. The van der Waals surface area contributed by atoms with E-state index in [1.54, 1.807) is 27.2 Å². The summed E-state index contributed by atoms with van der Waals surface area (Å²) in [6.07, 6.45) is 1.76. The first-order chi connectivity index (χ1) is 11.4. The molecule has 1 atom stereocenters. The summed E-state index contributed by atoms with van der Waals surface area (Å²) in [6.45, 7) is 3.84. The summed E-state index contributed by atoms with van der Waals surface area (Å²) in [5.74, 6) is 1.32. The van der Waals surface area contributed by atoms with Gasteiger partial charge in [-0.3, -0.25) is 0 Å². The van der Waals surface area contributed by atoms with Gasteiger partial charge in [-0.15, -0.1) is 0 Å². The molecule has 0 radical (unpaired) electrons. The maximum absolute atomic E-state index is 13.0. The molecule has 0 N–H and O–H groups in total. The number of methoxy groups -OCH3 is 2. The lowest BCUT2D eigenvalue weighted by Gasteiger charge is -2.35. The Morgan fingerprint density at radius 3 is 2.62 bits per heavy atom. The normalized spacial score (nSPS) is 18.2. The van der Waals surface area contributed by atoms with Crippen molar-refractivity contribution in [2.24, 2.45) is 0 Å². The first kappa shape index (κ1) is 16.8. The van der Waals surface area contributed by atoms with Crippen LogP contribution in [0.2, 0.25) is 0 Å². The van der Waals surface area contributed by atoms with Crippen LogP contribution in [0.15, 0.2) is 27.8 Å². The molecule has 0 spiro atoms. The Hall–Kier alpha value is -2.06. The lowest BCUT2D eigenvalue weighted by molar-refractivity contribution is 0.309. The summed E-state index contributed by atoms with van der Waals surface area (Å²) in [4.78, 5) is 0.102. The highest BCUT2D eigenvalue weighted by Crippen LogP contribution is 2.41. The van der Waals surface area contributed by atoms with Gasteiger partial charge in [0.25, 0.3) is 0 Å². The number of hydrogen-bond donors (Lipinski definition) is 0. The van der Waals surface area contributed by atoms with Crippen molar-refractivity contribution in [3.63, 3.8) is 0 Å². The lowest BCUT2D eigenvalue weighted by Crippen LogP contribution is -2.39. The first-order valence-electron chi connectivity index (χ1n) is 7.57. The third-order valence-electron chi connectivity index (χ3n) is 4.40. The molecule has 1 aromatic heterocycles. The van der Waals surface area contributed by atoms with Gasteiger partial charge in [0.15, 0.2) is 0 Å². The Morgan fingerprint density at radius 1 is 1.29 bits per heavy atom. The van der Waals surface area contributed by atoms with Crippen LogP contribution >= 0.6 is 0 Å². The maximum Gasteiger partial charge on any atom is 0.248 e. The van der Waals surface area contributed by atoms with E-state index in [1.807, 2.05) is 13.0 Å². The summed E-state index contributed by atoms with van der Waals surface area (Å²) >= 11 is 0. The number of ether oxygens (including phenoxy) is 2. The monoisotopic (exact) mass is 352 g/mol. The van der Waals surface area contributed by atoms with E-state index in [0.29, 0.717) is 30.2 Å². The number of rotatable bonds is 4. The SMILES string of the molecule is COc1cc2c(c(OC)c1)C(C)N(S(=O)(=O)c1conc1C)CC2. The molecule has 3 rings (SSSR count). The van der Waals surface area contributed by atoms with Crippen molar-refractivity contribution in [2.75, 3.05) is 20.8 Å². The molecule has 1 unspecified atom stereocenters. The fourth-order valence-electron chi connectivity index (χ4n) is 3.18. The minimum atomic E-state index is -3.69. The van der Waals surface area contributed by atoms with E-state index in [2.05, 4.69) is 5.16 Å². The molecule has 8 heteroatoms. The molecule has 0 fully saturated rings. The van der Waals surface area contributed by atoms with E-state index in [1.165, 1.54) is 10.6 Å². The quantitative estimate of drug-likeness (QED) is 0.840. The number of aryl methyl sites for hydroxylation is 1. The van der Waals surface area contributed by atoms with Crippen molar-refractivity contribution in [1.82, 2.24) is 9.46 Å². The molecule has 1 aromatic carbocycles. The average molecular weight is 352 g/mol. The van der Waals surface area contributed by atoms with Crippen molar-refractivity contribution in [3.05, 3.63) is 35.2 Å². The number of aromatic nitrogens is 1. The Morgan fingerprint density at radius 2 is 2.04 bits per heavy atom. The molecule has 1 aliphatic rings. The topological polar surface area (TPSA) is 81.9 Å². The van der Waals surface area contributed by atoms with Crippen LogP contribution in [-0.4, -0.2) is 38.6 Å². The van der Waals surface area contributed by atoms with Crippen molar-refractivity contribution >= 4 is 10.0 Å². The summed E-state index contributed by atoms with van der Waals surface area (Å²) in [6, 6.07) is 3.34. The molecule has 24 heavy (non-hydrogen) atoms. The van der Waals surface area contributed by atoms with Crippen LogP contribution in [0.25, 0.3) is 0 Å². The van der Waals surface area contributed by atoms with Gasteiger partial charge in [0.05, 0.1) is 20.3 Å². The Bertz CT molecular complexity index is 842. The van der Waals surface area contributed by atoms with Crippen molar-refractivity contribution in [3.8, 4) is 11.5 Å². The van der Waals surface area contributed by atoms with Gasteiger partial charge in [0.1, 0.15) is 28.4 Å². The zero-order chi connectivity index (χ0) is 17.5. The third kappa shape index (κ3) is 2.55. The van der Waals surface area contributed by atoms with Gasteiger partial charge in [0, 0.05) is 18.2 Å². The number of fused-ring (bicyclic) bond motifs is 1. The first-order valence-corrected chi connectivity index (χ1v) is 9.01. The second kappa shape index (κ2) is 6.10.